The van der Waals surface area contributed by atoms with E-state index >= 15 is 0 Å². The number of amides is 1. The number of nitrogens with zero attached hydrogens (tertiary/aromatic N) is 2. The van der Waals surface area contributed by atoms with E-state index in [0.29, 0.717) is 18.2 Å². The van der Waals surface area contributed by atoms with Crippen LogP contribution in [0.3, 0.4) is 0 Å². The standard InChI is InChI=1S/C17H19ClN2O2S/c1-17(2,3)22-16(21)20-8-5-11(6-9-20)14-10-12-13(23-14)4-7-19-15(12)18/h4-5,7,10H,6,8-9H2,1-3H3. The Balaban J connectivity index is 1.75. The minimum Gasteiger partial charge on any atom is -0.444 e. The lowest BCUT2D eigenvalue weighted by Crippen LogP contribution is -2.39. The highest BCUT2D eigenvalue weighted by Crippen LogP contribution is 2.35. The van der Waals surface area contributed by atoms with E-state index in [1.807, 2.05) is 26.8 Å². The summed E-state index contributed by atoms with van der Waals surface area (Å²) >= 11 is 7.85. The van der Waals surface area contributed by atoms with Crippen molar-refractivity contribution in [3.63, 3.8) is 0 Å². The summed E-state index contributed by atoms with van der Waals surface area (Å²) in [5.74, 6) is 0. The molecular formula is C17H19ClN2O2S. The highest BCUT2D eigenvalue weighted by Gasteiger charge is 2.24. The first-order chi connectivity index (χ1) is 10.8. The predicted octanol–water partition coefficient (Wildman–Crippen LogP) is 4.97. The number of halogens is 1. The molecule has 0 saturated heterocycles. The molecule has 3 rings (SSSR count). The molecule has 0 aliphatic carbocycles. The lowest BCUT2D eigenvalue weighted by Gasteiger charge is -2.29. The van der Waals surface area contributed by atoms with Crippen LogP contribution in [0.4, 0.5) is 4.79 Å². The van der Waals surface area contributed by atoms with Crippen molar-refractivity contribution in [2.24, 2.45) is 0 Å². The molecule has 4 nitrogen and oxygen atoms in total. The van der Waals surface area contributed by atoms with Gasteiger partial charge in [0.25, 0.3) is 0 Å². The van der Waals surface area contributed by atoms with Crippen LogP contribution in [-0.4, -0.2) is 34.7 Å². The first-order valence-electron chi connectivity index (χ1n) is 7.55. The quantitative estimate of drug-likeness (QED) is 0.681. The Hall–Kier alpha value is -1.59. The number of aromatic nitrogens is 1. The van der Waals surface area contributed by atoms with Crippen LogP contribution < -0.4 is 0 Å². The summed E-state index contributed by atoms with van der Waals surface area (Å²) in [5, 5.41) is 1.53. The van der Waals surface area contributed by atoms with E-state index in [4.69, 9.17) is 16.3 Å². The van der Waals surface area contributed by atoms with Crippen molar-refractivity contribution in [1.82, 2.24) is 9.88 Å². The Kier molecular flexibility index (Phi) is 4.34. The van der Waals surface area contributed by atoms with Crippen LogP contribution in [-0.2, 0) is 4.74 Å². The first-order valence-corrected chi connectivity index (χ1v) is 8.74. The second-order valence-electron chi connectivity index (χ2n) is 6.53. The Bertz CT molecular complexity index is 776. The van der Waals surface area contributed by atoms with Gasteiger partial charge in [-0.1, -0.05) is 17.7 Å². The Morgan fingerprint density at radius 2 is 2.22 bits per heavy atom. The van der Waals surface area contributed by atoms with Gasteiger partial charge in [-0.15, -0.1) is 11.3 Å². The van der Waals surface area contributed by atoms with Crippen molar-refractivity contribution in [2.45, 2.75) is 32.8 Å². The molecule has 1 amide bonds. The minimum absolute atomic E-state index is 0.253. The summed E-state index contributed by atoms with van der Waals surface area (Å²) in [5.41, 5.74) is 0.790. The summed E-state index contributed by atoms with van der Waals surface area (Å²) < 4.78 is 6.55. The van der Waals surface area contributed by atoms with Crippen molar-refractivity contribution in [1.29, 1.82) is 0 Å². The molecule has 0 N–H and O–H groups in total. The van der Waals surface area contributed by atoms with Crippen molar-refractivity contribution >= 4 is 44.7 Å². The number of thiophene rings is 1. The Labute approximate surface area is 144 Å². The van der Waals surface area contributed by atoms with Crippen LogP contribution in [0.25, 0.3) is 15.7 Å². The average molecular weight is 351 g/mol. The lowest BCUT2D eigenvalue weighted by atomic mass is 10.1. The number of hydrogen-bond donors (Lipinski definition) is 0. The van der Waals surface area contributed by atoms with Gasteiger partial charge < -0.3 is 9.64 Å². The molecule has 0 saturated carbocycles. The Morgan fingerprint density at radius 3 is 2.83 bits per heavy atom. The number of ether oxygens (including phenoxy) is 1. The summed E-state index contributed by atoms with van der Waals surface area (Å²) in [7, 11) is 0. The van der Waals surface area contributed by atoms with Gasteiger partial charge in [-0.3, -0.25) is 0 Å². The summed E-state index contributed by atoms with van der Waals surface area (Å²) in [6.45, 7) is 6.88. The van der Waals surface area contributed by atoms with Crippen molar-refractivity contribution in [2.75, 3.05) is 13.1 Å². The molecule has 0 radical (unpaired) electrons. The third-order valence-corrected chi connectivity index (χ3v) is 5.05. The van der Waals surface area contributed by atoms with Crippen LogP contribution >= 0.6 is 22.9 Å². The van der Waals surface area contributed by atoms with Gasteiger partial charge in [-0.25, -0.2) is 9.78 Å². The fourth-order valence-electron chi connectivity index (χ4n) is 2.47. The third-order valence-electron chi connectivity index (χ3n) is 3.57. The zero-order valence-corrected chi connectivity index (χ0v) is 15.0. The molecular weight excluding hydrogens is 332 g/mol. The largest absolute Gasteiger partial charge is 0.444 e. The predicted molar refractivity (Wildman–Crippen MR) is 95.0 cm³/mol. The Morgan fingerprint density at radius 1 is 1.43 bits per heavy atom. The van der Waals surface area contributed by atoms with Gasteiger partial charge in [0.15, 0.2) is 0 Å². The summed E-state index contributed by atoms with van der Waals surface area (Å²) in [4.78, 5) is 19.1. The smallest absolute Gasteiger partial charge is 0.410 e. The number of carbonyl (C=O) groups is 1. The molecule has 3 heterocycles. The monoisotopic (exact) mass is 350 g/mol. The second-order valence-corrected chi connectivity index (χ2v) is 7.97. The fraction of sp³-hybridized carbons (Fsp3) is 0.412. The molecule has 2 aromatic rings. The van der Waals surface area contributed by atoms with E-state index in [2.05, 4.69) is 17.1 Å². The van der Waals surface area contributed by atoms with Crippen LogP contribution in [0.5, 0.6) is 0 Å². The normalized spacial score (nSPS) is 15.7. The van der Waals surface area contributed by atoms with Gasteiger partial charge in [0, 0.05) is 34.2 Å². The van der Waals surface area contributed by atoms with Gasteiger partial charge >= 0.3 is 6.09 Å². The summed E-state index contributed by atoms with van der Waals surface area (Å²) in [6, 6.07) is 4.07. The van der Waals surface area contributed by atoms with Crippen molar-refractivity contribution < 1.29 is 9.53 Å². The molecule has 0 unspecified atom stereocenters. The number of hydrogen-bond acceptors (Lipinski definition) is 4. The zero-order valence-electron chi connectivity index (χ0n) is 13.4. The van der Waals surface area contributed by atoms with Gasteiger partial charge in [-0.05, 0) is 44.9 Å². The molecule has 0 aromatic carbocycles. The number of pyridine rings is 1. The lowest BCUT2D eigenvalue weighted by molar-refractivity contribution is 0.0270. The fourth-order valence-corrected chi connectivity index (χ4v) is 3.87. The van der Waals surface area contributed by atoms with Gasteiger partial charge in [0.05, 0.1) is 0 Å². The topological polar surface area (TPSA) is 42.4 Å². The number of rotatable bonds is 1. The van der Waals surface area contributed by atoms with Gasteiger partial charge in [0.1, 0.15) is 10.8 Å². The van der Waals surface area contributed by atoms with Crippen LogP contribution in [0.1, 0.15) is 32.1 Å². The highest BCUT2D eigenvalue weighted by molar-refractivity contribution is 7.20. The molecule has 0 fully saturated rings. The van der Waals surface area contributed by atoms with Gasteiger partial charge in [-0.2, -0.15) is 0 Å². The molecule has 0 atom stereocenters. The second kappa shape index (κ2) is 6.13. The average Bonchev–Trinajstić information content (AvgIpc) is 2.91. The molecule has 1 aliphatic heterocycles. The molecule has 122 valence electrons. The molecule has 2 aromatic heterocycles. The minimum atomic E-state index is -0.462. The van der Waals surface area contributed by atoms with E-state index in [9.17, 15) is 4.79 Å². The van der Waals surface area contributed by atoms with Crippen molar-refractivity contribution in [3.8, 4) is 0 Å². The maximum absolute atomic E-state index is 12.1. The maximum Gasteiger partial charge on any atom is 0.410 e. The van der Waals surface area contributed by atoms with E-state index in [1.54, 1.807) is 22.4 Å². The maximum atomic E-state index is 12.1. The first kappa shape index (κ1) is 16.3. The zero-order chi connectivity index (χ0) is 16.6. The highest BCUT2D eigenvalue weighted by atomic mass is 35.5. The number of carbonyl (C=O) groups excluding carboxylic acids is 1. The van der Waals surface area contributed by atoms with Crippen molar-refractivity contribution in [3.05, 3.63) is 34.4 Å². The molecule has 0 bridgehead atoms. The SMILES string of the molecule is CC(C)(C)OC(=O)N1CC=C(c2cc3c(Cl)nccc3s2)CC1. The van der Waals surface area contributed by atoms with Crippen LogP contribution in [0.15, 0.2) is 24.4 Å². The van der Waals surface area contributed by atoms with Gasteiger partial charge in [0.2, 0.25) is 0 Å². The van der Waals surface area contributed by atoms with E-state index in [-0.39, 0.29) is 6.09 Å². The summed E-state index contributed by atoms with van der Waals surface area (Å²) in [6.07, 6.45) is 4.39. The molecule has 23 heavy (non-hydrogen) atoms. The van der Waals surface area contributed by atoms with E-state index < -0.39 is 5.60 Å². The molecule has 6 heteroatoms. The molecule has 1 aliphatic rings. The van der Waals surface area contributed by atoms with Crippen LogP contribution in [0.2, 0.25) is 5.15 Å². The third kappa shape index (κ3) is 3.67. The van der Waals surface area contributed by atoms with Crippen LogP contribution in [0, 0.1) is 0 Å². The van der Waals surface area contributed by atoms with E-state index in [1.165, 1.54) is 10.5 Å². The van der Waals surface area contributed by atoms with E-state index in [0.717, 1.165) is 16.5 Å². The molecule has 0 spiro atoms. The number of fused-ring (bicyclic) bond motifs is 1.